The van der Waals surface area contributed by atoms with Gasteiger partial charge in [0.2, 0.25) is 0 Å². The Morgan fingerprint density at radius 2 is 2.25 bits per heavy atom. The predicted molar refractivity (Wildman–Crippen MR) is 60.9 cm³/mol. The number of rotatable bonds is 2. The van der Waals surface area contributed by atoms with Crippen molar-refractivity contribution >= 4 is 11.1 Å². The van der Waals surface area contributed by atoms with Gasteiger partial charge in [0.25, 0.3) is 0 Å². The van der Waals surface area contributed by atoms with Crippen LogP contribution in [-0.2, 0) is 6.54 Å². The summed E-state index contributed by atoms with van der Waals surface area (Å²) in [5.41, 5.74) is 3.79. The second-order valence-corrected chi connectivity index (χ2v) is 3.54. The van der Waals surface area contributed by atoms with Crippen LogP contribution >= 0.6 is 0 Å². The molecule has 0 unspecified atom stereocenters. The van der Waals surface area contributed by atoms with Gasteiger partial charge in [-0.05, 0) is 25.1 Å². The Labute approximate surface area is 92.5 Å². The highest BCUT2D eigenvalue weighted by Gasteiger charge is 2.10. The highest BCUT2D eigenvalue weighted by Crippen LogP contribution is 2.27. The SMILES string of the molecule is CCn1nccc1-c1cccc2ncoc12. The summed E-state index contributed by atoms with van der Waals surface area (Å²) in [6.45, 7) is 2.91. The second-order valence-electron chi connectivity index (χ2n) is 3.54. The highest BCUT2D eigenvalue weighted by atomic mass is 16.3. The molecule has 3 aromatic rings. The average Bonchev–Trinajstić information content (AvgIpc) is 2.96. The summed E-state index contributed by atoms with van der Waals surface area (Å²) in [6, 6.07) is 7.93. The van der Waals surface area contributed by atoms with Crippen LogP contribution in [0.2, 0.25) is 0 Å². The number of para-hydroxylation sites is 1. The molecule has 0 aliphatic carbocycles. The molecule has 2 heterocycles. The maximum Gasteiger partial charge on any atom is 0.182 e. The van der Waals surface area contributed by atoms with Crippen molar-refractivity contribution in [2.75, 3.05) is 0 Å². The van der Waals surface area contributed by atoms with Crippen molar-refractivity contribution in [1.82, 2.24) is 14.8 Å². The lowest BCUT2D eigenvalue weighted by Gasteiger charge is -2.04. The Kier molecular flexibility index (Phi) is 1.99. The van der Waals surface area contributed by atoms with Crippen LogP contribution in [0.15, 0.2) is 41.3 Å². The summed E-state index contributed by atoms with van der Waals surface area (Å²) < 4.78 is 7.36. The number of benzene rings is 1. The van der Waals surface area contributed by atoms with Crippen molar-refractivity contribution in [3.63, 3.8) is 0 Å². The summed E-state index contributed by atoms with van der Waals surface area (Å²) in [6.07, 6.45) is 3.27. The maximum absolute atomic E-state index is 5.42. The largest absolute Gasteiger partial charge is 0.443 e. The highest BCUT2D eigenvalue weighted by molar-refractivity contribution is 5.88. The third-order valence-corrected chi connectivity index (χ3v) is 2.65. The molecule has 0 aliphatic heterocycles. The maximum atomic E-state index is 5.42. The molecule has 0 saturated carbocycles. The summed E-state index contributed by atoms with van der Waals surface area (Å²) in [5, 5.41) is 4.26. The molecule has 0 fully saturated rings. The van der Waals surface area contributed by atoms with Crippen LogP contribution in [-0.4, -0.2) is 14.8 Å². The van der Waals surface area contributed by atoms with Gasteiger partial charge < -0.3 is 4.42 Å². The van der Waals surface area contributed by atoms with E-state index in [1.165, 1.54) is 6.39 Å². The van der Waals surface area contributed by atoms with Crippen molar-refractivity contribution in [1.29, 1.82) is 0 Å². The molecule has 80 valence electrons. The zero-order valence-corrected chi connectivity index (χ0v) is 8.92. The van der Waals surface area contributed by atoms with E-state index >= 15 is 0 Å². The monoisotopic (exact) mass is 213 g/mol. The molecule has 0 radical (unpaired) electrons. The first-order valence-electron chi connectivity index (χ1n) is 5.24. The molecule has 0 atom stereocenters. The molecule has 1 aromatic carbocycles. The standard InChI is InChI=1S/C12H11N3O/c1-2-15-11(6-7-14-15)9-4-3-5-10-12(9)16-8-13-10/h3-8H,2H2,1H3. The van der Waals surface area contributed by atoms with Crippen LogP contribution in [0.3, 0.4) is 0 Å². The fraction of sp³-hybridized carbons (Fsp3) is 0.167. The first kappa shape index (κ1) is 9.15. The fourth-order valence-electron chi connectivity index (χ4n) is 1.90. The third kappa shape index (κ3) is 1.23. The summed E-state index contributed by atoms with van der Waals surface area (Å²) >= 11 is 0. The van der Waals surface area contributed by atoms with Gasteiger partial charge in [0.1, 0.15) is 5.52 Å². The number of hydrogen-bond acceptors (Lipinski definition) is 3. The molecule has 0 N–H and O–H groups in total. The molecule has 3 rings (SSSR count). The molecule has 0 bridgehead atoms. The summed E-state index contributed by atoms with van der Waals surface area (Å²) in [4.78, 5) is 4.15. The number of aryl methyl sites for hydroxylation is 1. The number of nitrogens with zero attached hydrogens (tertiary/aromatic N) is 3. The molecular weight excluding hydrogens is 202 g/mol. The molecule has 16 heavy (non-hydrogen) atoms. The van der Waals surface area contributed by atoms with E-state index in [-0.39, 0.29) is 0 Å². The van der Waals surface area contributed by atoms with Crippen molar-refractivity contribution in [2.24, 2.45) is 0 Å². The smallest absolute Gasteiger partial charge is 0.182 e. The quantitative estimate of drug-likeness (QED) is 0.657. The summed E-state index contributed by atoms with van der Waals surface area (Å²) in [7, 11) is 0. The minimum atomic E-state index is 0.817. The van der Waals surface area contributed by atoms with Gasteiger partial charge in [-0.1, -0.05) is 6.07 Å². The van der Waals surface area contributed by atoms with Crippen LogP contribution in [0.5, 0.6) is 0 Å². The van der Waals surface area contributed by atoms with Gasteiger partial charge in [-0.2, -0.15) is 5.10 Å². The minimum Gasteiger partial charge on any atom is -0.443 e. The molecule has 2 aromatic heterocycles. The van der Waals surface area contributed by atoms with E-state index in [9.17, 15) is 0 Å². The zero-order valence-electron chi connectivity index (χ0n) is 8.92. The summed E-state index contributed by atoms with van der Waals surface area (Å²) in [5.74, 6) is 0. The molecule has 4 nitrogen and oxygen atoms in total. The Hall–Kier alpha value is -2.10. The fourth-order valence-corrected chi connectivity index (χ4v) is 1.90. The first-order chi connectivity index (χ1) is 7.90. The number of aromatic nitrogens is 3. The van der Waals surface area contributed by atoms with Crippen molar-refractivity contribution in [3.05, 3.63) is 36.9 Å². The minimum absolute atomic E-state index is 0.817. The third-order valence-electron chi connectivity index (χ3n) is 2.65. The van der Waals surface area contributed by atoms with Crippen LogP contribution in [0.25, 0.3) is 22.4 Å². The van der Waals surface area contributed by atoms with Gasteiger partial charge in [0.05, 0.1) is 5.69 Å². The van der Waals surface area contributed by atoms with E-state index in [4.69, 9.17) is 4.42 Å². The number of fused-ring (bicyclic) bond motifs is 1. The van der Waals surface area contributed by atoms with Gasteiger partial charge in [-0.25, -0.2) is 4.98 Å². The van der Waals surface area contributed by atoms with E-state index in [0.717, 1.165) is 28.9 Å². The van der Waals surface area contributed by atoms with Crippen LogP contribution in [0.1, 0.15) is 6.92 Å². The first-order valence-corrected chi connectivity index (χ1v) is 5.24. The topological polar surface area (TPSA) is 43.9 Å². The molecular formula is C12H11N3O. The van der Waals surface area contributed by atoms with E-state index < -0.39 is 0 Å². The molecule has 0 aliphatic rings. The Morgan fingerprint density at radius 3 is 3.12 bits per heavy atom. The van der Waals surface area contributed by atoms with E-state index in [0.29, 0.717) is 0 Å². The average molecular weight is 213 g/mol. The molecule has 0 saturated heterocycles. The predicted octanol–water partition coefficient (Wildman–Crippen LogP) is 2.71. The van der Waals surface area contributed by atoms with Gasteiger partial charge in [0.15, 0.2) is 12.0 Å². The van der Waals surface area contributed by atoms with Gasteiger partial charge >= 0.3 is 0 Å². The molecule has 0 spiro atoms. The van der Waals surface area contributed by atoms with Crippen LogP contribution in [0, 0.1) is 0 Å². The van der Waals surface area contributed by atoms with E-state index in [1.54, 1.807) is 6.20 Å². The molecule has 0 amide bonds. The Bertz CT molecular complexity index is 624. The van der Waals surface area contributed by atoms with Gasteiger partial charge in [0, 0.05) is 18.3 Å². The van der Waals surface area contributed by atoms with Crippen molar-refractivity contribution in [2.45, 2.75) is 13.5 Å². The lowest BCUT2D eigenvalue weighted by molar-refractivity contribution is 0.601. The van der Waals surface area contributed by atoms with Crippen LogP contribution in [0.4, 0.5) is 0 Å². The van der Waals surface area contributed by atoms with Gasteiger partial charge in [-0.3, -0.25) is 4.68 Å². The lowest BCUT2D eigenvalue weighted by atomic mass is 10.1. The molecule has 4 heteroatoms. The zero-order chi connectivity index (χ0) is 11.0. The lowest BCUT2D eigenvalue weighted by Crippen LogP contribution is -1.98. The second kappa shape index (κ2) is 3.48. The van der Waals surface area contributed by atoms with Gasteiger partial charge in [-0.15, -0.1) is 0 Å². The Balaban J connectivity index is 2.29. The normalized spacial score (nSPS) is 11.1. The van der Waals surface area contributed by atoms with E-state index in [2.05, 4.69) is 17.0 Å². The van der Waals surface area contributed by atoms with Crippen LogP contribution < -0.4 is 0 Å². The number of oxazole rings is 1. The van der Waals surface area contributed by atoms with Crippen molar-refractivity contribution in [3.8, 4) is 11.3 Å². The van der Waals surface area contributed by atoms with Crippen molar-refractivity contribution < 1.29 is 4.42 Å². The Morgan fingerprint density at radius 1 is 1.31 bits per heavy atom. The number of hydrogen-bond donors (Lipinski definition) is 0. The van der Waals surface area contributed by atoms with E-state index in [1.807, 2.05) is 28.9 Å².